The monoisotopic (exact) mass is 184 g/mol. The second kappa shape index (κ2) is 4.13. The first kappa shape index (κ1) is 9.09. The minimum atomic E-state index is 0.612. The lowest BCUT2D eigenvalue weighted by atomic mass is 10.2. The summed E-state index contributed by atoms with van der Waals surface area (Å²) in [6, 6.07) is 8.63. The van der Waals surface area contributed by atoms with Crippen LogP contribution < -0.4 is 5.30 Å². The average Bonchev–Trinajstić information content (AvgIpc) is 2.05. The molecule has 0 aliphatic rings. The van der Waals surface area contributed by atoms with Gasteiger partial charge in [0.05, 0.1) is 0 Å². The van der Waals surface area contributed by atoms with Crippen LogP contribution in [0.4, 0.5) is 0 Å². The average molecular weight is 184 g/mol. The molecule has 0 aliphatic heterocycles. The maximum Gasteiger partial charge on any atom is 0.0266 e. The SMILES string of the molecule is CSC(C)c1ccc(P)cc1. The fourth-order valence-corrected chi connectivity index (χ4v) is 1.52. The Kier molecular flexibility index (Phi) is 3.42. The molecular formula is C9H13PS. The van der Waals surface area contributed by atoms with Gasteiger partial charge in [0.2, 0.25) is 0 Å². The molecular weight excluding hydrogens is 171 g/mol. The molecule has 11 heavy (non-hydrogen) atoms. The van der Waals surface area contributed by atoms with E-state index in [0.717, 1.165) is 0 Å². The van der Waals surface area contributed by atoms with Gasteiger partial charge in [0, 0.05) is 5.25 Å². The molecule has 0 N–H and O–H groups in total. The Morgan fingerprint density at radius 2 is 1.82 bits per heavy atom. The zero-order valence-electron chi connectivity index (χ0n) is 6.87. The molecule has 0 nitrogen and oxygen atoms in total. The lowest BCUT2D eigenvalue weighted by molar-refractivity contribution is 1.11. The smallest absolute Gasteiger partial charge is 0.0266 e. The highest BCUT2D eigenvalue weighted by molar-refractivity contribution is 7.98. The van der Waals surface area contributed by atoms with Crippen LogP contribution in [0.3, 0.4) is 0 Å². The predicted octanol–water partition coefficient (Wildman–Crippen LogP) is 2.61. The van der Waals surface area contributed by atoms with Crippen LogP contribution in [0.2, 0.25) is 0 Å². The molecule has 0 saturated heterocycles. The summed E-state index contributed by atoms with van der Waals surface area (Å²) in [5.74, 6) is 0. The van der Waals surface area contributed by atoms with Gasteiger partial charge in [-0.15, -0.1) is 9.24 Å². The normalized spacial score (nSPS) is 13.0. The second-order valence-corrected chi connectivity index (χ2v) is 4.39. The summed E-state index contributed by atoms with van der Waals surface area (Å²) < 4.78 is 0. The van der Waals surface area contributed by atoms with Gasteiger partial charge in [-0.05, 0) is 24.0 Å². The topological polar surface area (TPSA) is 0 Å². The maximum atomic E-state index is 2.69. The van der Waals surface area contributed by atoms with Gasteiger partial charge in [0.1, 0.15) is 0 Å². The van der Waals surface area contributed by atoms with E-state index in [1.165, 1.54) is 10.9 Å². The molecule has 1 aromatic rings. The van der Waals surface area contributed by atoms with Crippen LogP contribution in [0.5, 0.6) is 0 Å². The molecule has 1 aromatic carbocycles. The molecule has 0 fully saturated rings. The molecule has 2 unspecified atom stereocenters. The van der Waals surface area contributed by atoms with Crippen LogP contribution >= 0.6 is 21.0 Å². The van der Waals surface area contributed by atoms with Crippen molar-refractivity contribution >= 4 is 26.3 Å². The van der Waals surface area contributed by atoms with E-state index < -0.39 is 0 Å². The van der Waals surface area contributed by atoms with Crippen molar-refractivity contribution in [3.63, 3.8) is 0 Å². The van der Waals surface area contributed by atoms with Gasteiger partial charge in [-0.2, -0.15) is 11.8 Å². The third kappa shape index (κ3) is 2.50. The van der Waals surface area contributed by atoms with Crippen LogP contribution in [0.15, 0.2) is 24.3 Å². The fourth-order valence-electron chi connectivity index (χ4n) is 0.903. The Labute approximate surface area is 75.0 Å². The Hall–Kier alpha value is -0.0000000000000000555. The molecule has 60 valence electrons. The Balaban J connectivity index is 2.81. The van der Waals surface area contributed by atoms with Crippen molar-refractivity contribution in [1.29, 1.82) is 0 Å². The van der Waals surface area contributed by atoms with Gasteiger partial charge in [-0.25, -0.2) is 0 Å². The first-order valence-electron chi connectivity index (χ1n) is 3.62. The van der Waals surface area contributed by atoms with E-state index in [2.05, 4.69) is 46.7 Å². The van der Waals surface area contributed by atoms with Crippen LogP contribution in [0.1, 0.15) is 17.7 Å². The summed E-state index contributed by atoms with van der Waals surface area (Å²) in [5.41, 5.74) is 1.41. The Morgan fingerprint density at radius 3 is 2.27 bits per heavy atom. The van der Waals surface area contributed by atoms with Gasteiger partial charge in [0.25, 0.3) is 0 Å². The third-order valence-electron chi connectivity index (χ3n) is 1.76. The number of hydrogen-bond acceptors (Lipinski definition) is 1. The largest absolute Gasteiger partial charge is 0.158 e. The van der Waals surface area contributed by atoms with Gasteiger partial charge < -0.3 is 0 Å². The van der Waals surface area contributed by atoms with E-state index in [0.29, 0.717) is 5.25 Å². The van der Waals surface area contributed by atoms with E-state index in [4.69, 9.17) is 0 Å². The summed E-state index contributed by atoms with van der Waals surface area (Å²) >= 11 is 1.88. The summed E-state index contributed by atoms with van der Waals surface area (Å²) in [7, 11) is 2.69. The van der Waals surface area contributed by atoms with Gasteiger partial charge in [0.15, 0.2) is 0 Å². The first-order chi connectivity index (χ1) is 5.24. The maximum absolute atomic E-state index is 2.69. The zero-order valence-corrected chi connectivity index (χ0v) is 8.84. The molecule has 0 radical (unpaired) electrons. The molecule has 0 aliphatic carbocycles. The molecule has 1 rings (SSSR count). The highest BCUT2D eigenvalue weighted by Crippen LogP contribution is 2.24. The summed E-state index contributed by atoms with van der Waals surface area (Å²) in [6.45, 7) is 2.22. The van der Waals surface area contributed by atoms with Crippen molar-refractivity contribution in [1.82, 2.24) is 0 Å². The minimum Gasteiger partial charge on any atom is -0.158 e. The number of thioether (sulfide) groups is 1. The highest BCUT2D eigenvalue weighted by Gasteiger charge is 2.00. The lowest BCUT2D eigenvalue weighted by Crippen LogP contribution is -1.92. The van der Waals surface area contributed by atoms with Crippen molar-refractivity contribution in [3.05, 3.63) is 29.8 Å². The van der Waals surface area contributed by atoms with E-state index in [9.17, 15) is 0 Å². The van der Waals surface area contributed by atoms with Crippen LogP contribution in [0, 0.1) is 0 Å². The highest BCUT2D eigenvalue weighted by atomic mass is 32.2. The molecule has 0 spiro atoms. The molecule has 2 heteroatoms. The quantitative estimate of drug-likeness (QED) is 0.637. The molecule has 0 heterocycles. The van der Waals surface area contributed by atoms with Gasteiger partial charge in [-0.3, -0.25) is 0 Å². The zero-order chi connectivity index (χ0) is 8.27. The Bertz CT molecular complexity index is 218. The fraction of sp³-hybridized carbons (Fsp3) is 0.333. The van der Waals surface area contributed by atoms with Crippen molar-refractivity contribution < 1.29 is 0 Å². The molecule has 0 aromatic heterocycles. The van der Waals surface area contributed by atoms with E-state index in [-0.39, 0.29) is 0 Å². The molecule has 0 amide bonds. The summed E-state index contributed by atoms with van der Waals surface area (Å²) in [5, 5.41) is 1.86. The summed E-state index contributed by atoms with van der Waals surface area (Å²) in [4.78, 5) is 0. The Morgan fingerprint density at radius 1 is 1.27 bits per heavy atom. The van der Waals surface area contributed by atoms with Crippen LogP contribution in [-0.4, -0.2) is 6.26 Å². The molecule has 0 bridgehead atoms. The van der Waals surface area contributed by atoms with Gasteiger partial charge >= 0.3 is 0 Å². The number of hydrogen-bond donors (Lipinski definition) is 0. The summed E-state index contributed by atoms with van der Waals surface area (Å²) in [6.07, 6.45) is 2.14. The standard InChI is InChI=1S/C9H13PS/c1-7(11-2)8-3-5-9(10)6-4-8/h3-7H,10H2,1-2H3. The van der Waals surface area contributed by atoms with Crippen LogP contribution in [0.25, 0.3) is 0 Å². The first-order valence-corrected chi connectivity index (χ1v) is 5.49. The lowest BCUT2D eigenvalue weighted by Gasteiger charge is -2.07. The van der Waals surface area contributed by atoms with Crippen LogP contribution in [-0.2, 0) is 0 Å². The van der Waals surface area contributed by atoms with E-state index >= 15 is 0 Å². The second-order valence-electron chi connectivity index (χ2n) is 2.54. The predicted molar refractivity (Wildman–Crippen MR) is 57.7 cm³/mol. The minimum absolute atomic E-state index is 0.612. The number of rotatable bonds is 2. The molecule has 2 atom stereocenters. The molecule has 0 saturated carbocycles. The van der Waals surface area contributed by atoms with Crippen molar-refractivity contribution in [3.8, 4) is 0 Å². The van der Waals surface area contributed by atoms with E-state index in [1.54, 1.807) is 0 Å². The third-order valence-corrected chi connectivity index (χ3v) is 3.12. The van der Waals surface area contributed by atoms with Crippen molar-refractivity contribution in [2.45, 2.75) is 12.2 Å². The number of benzene rings is 1. The van der Waals surface area contributed by atoms with Crippen molar-refractivity contribution in [2.24, 2.45) is 0 Å². The van der Waals surface area contributed by atoms with E-state index in [1.807, 2.05) is 11.8 Å². The van der Waals surface area contributed by atoms with Crippen molar-refractivity contribution in [2.75, 3.05) is 6.26 Å². The van der Waals surface area contributed by atoms with Gasteiger partial charge in [-0.1, -0.05) is 24.3 Å².